The van der Waals surface area contributed by atoms with Crippen LogP contribution in [0.4, 0.5) is 13.2 Å². The monoisotopic (exact) mass is 332 g/mol. The molecule has 2 aliphatic rings. The van der Waals surface area contributed by atoms with Gasteiger partial charge in [0.2, 0.25) is 0 Å². The number of alkyl halides is 3. The lowest BCUT2D eigenvalue weighted by atomic mass is 9.80. The molecule has 24 heavy (non-hydrogen) atoms. The fraction of sp³-hybridized carbons (Fsp3) is 0.368. The maximum absolute atomic E-state index is 13.2. The van der Waals surface area contributed by atoms with Crippen LogP contribution >= 0.6 is 0 Å². The van der Waals surface area contributed by atoms with E-state index in [0.717, 1.165) is 42.9 Å². The predicted molar refractivity (Wildman–Crippen MR) is 86.9 cm³/mol. The third-order valence-corrected chi connectivity index (χ3v) is 5.12. The van der Waals surface area contributed by atoms with Crippen molar-refractivity contribution in [2.75, 3.05) is 26.2 Å². The first-order valence-corrected chi connectivity index (χ1v) is 8.25. The number of piperazine rings is 1. The van der Waals surface area contributed by atoms with Crippen molar-refractivity contribution in [2.45, 2.75) is 18.1 Å². The zero-order valence-electron chi connectivity index (χ0n) is 13.2. The average Bonchev–Trinajstić information content (AvgIpc) is 2.60. The van der Waals surface area contributed by atoms with Crippen molar-refractivity contribution in [2.24, 2.45) is 0 Å². The number of benzene rings is 2. The minimum atomic E-state index is -4.31. The molecule has 5 heteroatoms. The summed E-state index contributed by atoms with van der Waals surface area (Å²) in [6, 6.07) is 14.3. The van der Waals surface area contributed by atoms with Crippen molar-refractivity contribution in [3.8, 4) is 0 Å². The summed E-state index contributed by atoms with van der Waals surface area (Å²) in [6.45, 7) is 3.41. The van der Waals surface area contributed by atoms with Gasteiger partial charge in [0.05, 0.1) is 5.56 Å². The Hall–Kier alpha value is -1.85. The molecule has 0 amide bonds. The fourth-order valence-electron chi connectivity index (χ4n) is 3.93. The van der Waals surface area contributed by atoms with Gasteiger partial charge < -0.3 is 5.32 Å². The van der Waals surface area contributed by atoms with Crippen molar-refractivity contribution >= 4 is 0 Å². The van der Waals surface area contributed by atoms with Gasteiger partial charge in [-0.25, -0.2) is 0 Å². The van der Waals surface area contributed by atoms with Crippen LogP contribution in [0.1, 0.15) is 34.2 Å². The zero-order chi connectivity index (χ0) is 16.7. The molecule has 2 aliphatic heterocycles. The Bertz CT molecular complexity index is 727. The molecule has 2 aromatic carbocycles. The van der Waals surface area contributed by atoms with Crippen molar-refractivity contribution in [3.63, 3.8) is 0 Å². The van der Waals surface area contributed by atoms with E-state index in [1.54, 1.807) is 6.07 Å². The molecule has 2 atom stereocenters. The third kappa shape index (κ3) is 2.72. The second-order valence-electron chi connectivity index (χ2n) is 6.52. The van der Waals surface area contributed by atoms with Gasteiger partial charge in [-0.05, 0) is 28.8 Å². The largest absolute Gasteiger partial charge is 0.416 e. The summed E-state index contributed by atoms with van der Waals surface area (Å²) in [7, 11) is 0. The lowest BCUT2D eigenvalue weighted by molar-refractivity contribution is -0.137. The van der Waals surface area contributed by atoms with Crippen LogP contribution in [0.2, 0.25) is 0 Å². The van der Waals surface area contributed by atoms with E-state index in [9.17, 15) is 13.2 Å². The molecule has 0 unspecified atom stereocenters. The average molecular weight is 332 g/mol. The molecule has 0 aromatic heterocycles. The standard InChI is InChI=1S/C19H19F3N2/c20-19(21,22)14-6-7-15-16(10-14)17(13-4-2-1-3-5-13)12-24-9-8-23-11-18(15)24/h1-7,10,17-18,23H,8-9,11-12H2/t17-,18+/m0/s1. The van der Waals surface area contributed by atoms with Crippen molar-refractivity contribution in [3.05, 3.63) is 70.8 Å². The van der Waals surface area contributed by atoms with Crippen LogP contribution in [0, 0.1) is 0 Å². The van der Waals surface area contributed by atoms with Crippen LogP contribution in [0.15, 0.2) is 48.5 Å². The summed E-state index contributed by atoms with van der Waals surface area (Å²) in [5.74, 6) is -0.0159. The molecule has 0 saturated carbocycles. The Labute approximate surface area is 139 Å². The van der Waals surface area contributed by atoms with E-state index in [2.05, 4.69) is 10.2 Å². The van der Waals surface area contributed by atoms with Crippen LogP contribution in [0.5, 0.6) is 0 Å². The summed E-state index contributed by atoms with van der Waals surface area (Å²) < 4.78 is 39.6. The number of hydrogen-bond donors (Lipinski definition) is 1. The smallest absolute Gasteiger partial charge is 0.314 e. The zero-order valence-corrected chi connectivity index (χ0v) is 13.2. The highest BCUT2D eigenvalue weighted by atomic mass is 19.4. The quantitative estimate of drug-likeness (QED) is 0.855. The second-order valence-corrected chi connectivity index (χ2v) is 6.52. The minimum absolute atomic E-state index is 0.0159. The molecule has 126 valence electrons. The molecule has 0 aliphatic carbocycles. The van der Waals surface area contributed by atoms with Crippen molar-refractivity contribution in [1.82, 2.24) is 10.2 Å². The molecule has 4 rings (SSSR count). The summed E-state index contributed by atoms with van der Waals surface area (Å²) in [4.78, 5) is 2.39. The van der Waals surface area contributed by atoms with Gasteiger partial charge in [-0.3, -0.25) is 4.90 Å². The van der Waals surface area contributed by atoms with Crippen LogP contribution in [0.25, 0.3) is 0 Å². The summed E-state index contributed by atoms with van der Waals surface area (Å²) in [5.41, 5.74) is 2.37. The van der Waals surface area contributed by atoms with Crippen molar-refractivity contribution < 1.29 is 13.2 Å². The molecule has 2 heterocycles. The Balaban J connectivity index is 1.84. The van der Waals surface area contributed by atoms with E-state index >= 15 is 0 Å². The van der Waals surface area contributed by atoms with E-state index in [-0.39, 0.29) is 12.0 Å². The maximum Gasteiger partial charge on any atom is 0.416 e. The molecular weight excluding hydrogens is 313 g/mol. The first-order chi connectivity index (χ1) is 11.5. The molecule has 2 aromatic rings. The molecular formula is C19H19F3N2. The predicted octanol–water partition coefficient (Wildman–Crippen LogP) is 3.80. The first-order valence-electron chi connectivity index (χ1n) is 8.25. The highest BCUT2D eigenvalue weighted by molar-refractivity contribution is 5.45. The van der Waals surface area contributed by atoms with E-state index in [4.69, 9.17) is 0 Å². The molecule has 2 nitrogen and oxygen atoms in total. The molecule has 0 spiro atoms. The molecule has 1 N–H and O–H groups in total. The van der Waals surface area contributed by atoms with Gasteiger partial charge in [0.15, 0.2) is 0 Å². The summed E-state index contributed by atoms with van der Waals surface area (Å²) in [5, 5.41) is 3.36. The van der Waals surface area contributed by atoms with Crippen LogP contribution in [-0.2, 0) is 6.18 Å². The fourth-order valence-corrected chi connectivity index (χ4v) is 3.93. The number of halogens is 3. The highest BCUT2D eigenvalue weighted by Gasteiger charge is 2.38. The number of hydrogen-bond acceptors (Lipinski definition) is 2. The normalized spacial score (nSPS) is 24.3. The number of fused-ring (bicyclic) bond motifs is 3. The lowest BCUT2D eigenvalue weighted by Gasteiger charge is -2.44. The van der Waals surface area contributed by atoms with E-state index in [1.807, 2.05) is 30.3 Å². The van der Waals surface area contributed by atoms with Gasteiger partial charge in [-0.2, -0.15) is 13.2 Å². The van der Waals surface area contributed by atoms with Gasteiger partial charge in [0, 0.05) is 38.1 Å². The molecule has 1 saturated heterocycles. The first kappa shape index (κ1) is 15.7. The Kier molecular flexibility index (Phi) is 3.85. The minimum Gasteiger partial charge on any atom is -0.314 e. The second kappa shape index (κ2) is 5.90. The summed E-state index contributed by atoms with van der Waals surface area (Å²) >= 11 is 0. The van der Waals surface area contributed by atoms with Crippen LogP contribution in [-0.4, -0.2) is 31.1 Å². The van der Waals surface area contributed by atoms with E-state index in [1.165, 1.54) is 12.1 Å². The lowest BCUT2D eigenvalue weighted by Crippen LogP contribution is -2.50. The van der Waals surface area contributed by atoms with Crippen molar-refractivity contribution in [1.29, 1.82) is 0 Å². The van der Waals surface area contributed by atoms with E-state index < -0.39 is 11.7 Å². The van der Waals surface area contributed by atoms with Gasteiger partial charge in [-0.1, -0.05) is 36.4 Å². The van der Waals surface area contributed by atoms with Crippen LogP contribution < -0.4 is 5.32 Å². The van der Waals surface area contributed by atoms with Gasteiger partial charge in [0.1, 0.15) is 0 Å². The Morgan fingerprint density at radius 1 is 1.00 bits per heavy atom. The van der Waals surface area contributed by atoms with Gasteiger partial charge >= 0.3 is 6.18 Å². The molecule has 1 fully saturated rings. The number of rotatable bonds is 1. The van der Waals surface area contributed by atoms with Crippen LogP contribution in [0.3, 0.4) is 0 Å². The number of nitrogens with one attached hydrogen (secondary N) is 1. The third-order valence-electron chi connectivity index (χ3n) is 5.12. The Morgan fingerprint density at radius 2 is 1.79 bits per heavy atom. The summed E-state index contributed by atoms with van der Waals surface area (Å²) in [6.07, 6.45) is -4.31. The number of nitrogens with zero attached hydrogens (tertiary/aromatic N) is 1. The Morgan fingerprint density at radius 3 is 2.54 bits per heavy atom. The SMILES string of the molecule is FC(F)(F)c1ccc2c(c1)[C@H](c1ccccc1)CN1CCNC[C@H]21. The van der Waals surface area contributed by atoms with Gasteiger partial charge in [-0.15, -0.1) is 0 Å². The molecule has 0 radical (unpaired) electrons. The van der Waals surface area contributed by atoms with E-state index in [0.29, 0.717) is 0 Å². The maximum atomic E-state index is 13.2. The topological polar surface area (TPSA) is 15.3 Å². The molecule has 0 bridgehead atoms. The highest BCUT2D eigenvalue weighted by Crippen LogP contribution is 2.42. The van der Waals surface area contributed by atoms with Gasteiger partial charge in [0.25, 0.3) is 0 Å².